The van der Waals surface area contributed by atoms with Gasteiger partial charge >= 0.3 is 6.55 Å². The first-order valence-electron chi connectivity index (χ1n) is 8.92. The number of aryl methyl sites for hydroxylation is 1. The lowest BCUT2D eigenvalue weighted by Crippen LogP contribution is -2.39. The zero-order chi connectivity index (χ0) is 20.3. The maximum absolute atomic E-state index is 12.8. The van der Waals surface area contributed by atoms with Crippen LogP contribution in [0.2, 0.25) is 0 Å². The molecule has 10 heteroatoms. The molecule has 0 unspecified atom stereocenters. The maximum Gasteiger partial charge on any atom is 0.333 e. The van der Waals surface area contributed by atoms with Gasteiger partial charge in [-0.25, -0.2) is 13.1 Å². The van der Waals surface area contributed by atoms with E-state index < -0.39 is 16.6 Å². The van der Waals surface area contributed by atoms with Crippen LogP contribution in [-0.2, 0) is 10.0 Å². The molecule has 2 aromatic rings. The minimum absolute atomic E-state index is 0.0743. The van der Waals surface area contributed by atoms with Crippen molar-refractivity contribution < 1.29 is 26.7 Å². The fourth-order valence-corrected chi connectivity index (χ4v) is 4.78. The Kier molecular flexibility index (Phi) is 6.19. The molecule has 154 valence electrons. The van der Waals surface area contributed by atoms with Gasteiger partial charge in [-0.2, -0.15) is 18.2 Å². The van der Waals surface area contributed by atoms with Crippen LogP contribution in [0, 0.1) is 12.8 Å². The molecule has 1 saturated heterocycles. The monoisotopic (exact) mass is 415 g/mol. The van der Waals surface area contributed by atoms with E-state index in [-0.39, 0.29) is 16.5 Å². The van der Waals surface area contributed by atoms with Gasteiger partial charge in [0, 0.05) is 13.1 Å². The fraction of sp³-hybridized carbons (Fsp3) is 0.500. The van der Waals surface area contributed by atoms with E-state index in [9.17, 15) is 17.2 Å². The molecule has 0 aliphatic carbocycles. The second-order valence-corrected chi connectivity index (χ2v) is 8.58. The average Bonchev–Trinajstić information content (AvgIpc) is 3.10. The molecule has 0 radical (unpaired) electrons. The first kappa shape index (κ1) is 20.5. The molecule has 0 saturated carbocycles. The Morgan fingerprint density at radius 1 is 1.18 bits per heavy atom. The molecule has 0 bridgehead atoms. The van der Waals surface area contributed by atoms with E-state index in [1.54, 1.807) is 7.11 Å². The molecule has 28 heavy (non-hydrogen) atoms. The number of methoxy groups -OCH3 is 1. The standard InChI is InChI=1S/C18H23F2N3O4S/c1-13-17(11-23(21-13)18(19)20)28(24,25)22-9-7-14(8-10-22)12-27-16-5-3-15(26-2)4-6-16/h3-6,11,14,18H,7-10,12H2,1-2H3. The highest BCUT2D eigenvalue weighted by Gasteiger charge is 2.32. The number of alkyl halides is 2. The summed E-state index contributed by atoms with van der Waals surface area (Å²) in [4.78, 5) is -0.166. The Balaban J connectivity index is 1.56. The van der Waals surface area contributed by atoms with E-state index in [1.807, 2.05) is 24.3 Å². The third-order valence-corrected chi connectivity index (χ3v) is 6.81. The number of halogens is 2. The van der Waals surface area contributed by atoms with Crippen LogP contribution in [0.25, 0.3) is 0 Å². The maximum atomic E-state index is 12.8. The molecule has 7 nitrogen and oxygen atoms in total. The second kappa shape index (κ2) is 8.44. The number of aromatic nitrogens is 2. The van der Waals surface area contributed by atoms with E-state index >= 15 is 0 Å². The van der Waals surface area contributed by atoms with E-state index in [1.165, 1.54) is 11.2 Å². The molecule has 1 aromatic heterocycles. The fourth-order valence-electron chi connectivity index (χ4n) is 3.16. The summed E-state index contributed by atoms with van der Waals surface area (Å²) in [5.74, 6) is 1.70. The van der Waals surface area contributed by atoms with E-state index in [0.29, 0.717) is 37.2 Å². The zero-order valence-electron chi connectivity index (χ0n) is 15.7. The summed E-state index contributed by atoms with van der Waals surface area (Å²) >= 11 is 0. The summed E-state index contributed by atoms with van der Waals surface area (Å²) in [6.45, 7) is -0.330. The molecule has 0 N–H and O–H groups in total. The summed E-state index contributed by atoms with van der Waals surface area (Å²) in [5, 5.41) is 3.59. The van der Waals surface area contributed by atoms with Gasteiger partial charge in [-0.1, -0.05) is 0 Å². The lowest BCUT2D eigenvalue weighted by atomic mass is 9.99. The molecule has 1 fully saturated rings. The summed E-state index contributed by atoms with van der Waals surface area (Å²) in [7, 11) is -2.25. The number of rotatable bonds is 7. The van der Waals surface area contributed by atoms with Crippen molar-refractivity contribution in [1.29, 1.82) is 0 Å². The third kappa shape index (κ3) is 4.44. The van der Waals surface area contributed by atoms with Gasteiger partial charge in [-0.15, -0.1) is 0 Å². The summed E-state index contributed by atoms with van der Waals surface area (Å²) in [5.41, 5.74) is 0.0743. The molecule has 0 spiro atoms. The van der Waals surface area contributed by atoms with Gasteiger partial charge in [-0.3, -0.25) is 0 Å². The van der Waals surface area contributed by atoms with Crippen LogP contribution >= 0.6 is 0 Å². The van der Waals surface area contributed by atoms with Crippen molar-refractivity contribution in [3.63, 3.8) is 0 Å². The van der Waals surface area contributed by atoms with Crippen molar-refractivity contribution in [2.75, 3.05) is 26.8 Å². The molecule has 0 atom stereocenters. The van der Waals surface area contributed by atoms with Gasteiger partial charge in [0.15, 0.2) is 0 Å². The molecular formula is C18H23F2N3O4S. The minimum Gasteiger partial charge on any atom is -0.497 e. The van der Waals surface area contributed by atoms with Crippen molar-refractivity contribution in [2.45, 2.75) is 31.2 Å². The Labute approximate surface area is 162 Å². The Morgan fingerprint density at radius 3 is 2.32 bits per heavy atom. The summed E-state index contributed by atoms with van der Waals surface area (Å²) < 4.78 is 63.7. The molecule has 2 heterocycles. The van der Waals surface area contributed by atoms with Crippen molar-refractivity contribution in [1.82, 2.24) is 14.1 Å². The van der Waals surface area contributed by atoms with Crippen molar-refractivity contribution in [2.24, 2.45) is 5.92 Å². The zero-order valence-corrected chi connectivity index (χ0v) is 16.5. The third-order valence-electron chi connectivity index (χ3n) is 4.81. The summed E-state index contributed by atoms with van der Waals surface area (Å²) in [6.07, 6.45) is 2.17. The van der Waals surface area contributed by atoms with Crippen molar-refractivity contribution >= 4 is 10.0 Å². The molecular weight excluding hydrogens is 392 g/mol. The van der Waals surface area contributed by atoms with Crippen molar-refractivity contribution in [3.05, 3.63) is 36.2 Å². The van der Waals surface area contributed by atoms with Gasteiger partial charge < -0.3 is 9.47 Å². The van der Waals surface area contributed by atoms with E-state index in [2.05, 4.69) is 5.10 Å². The largest absolute Gasteiger partial charge is 0.497 e. The Bertz CT molecular complexity index is 892. The highest BCUT2D eigenvalue weighted by Crippen LogP contribution is 2.27. The molecule has 0 amide bonds. The first-order chi connectivity index (χ1) is 13.3. The highest BCUT2D eigenvalue weighted by molar-refractivity contribution is 7.89. The molecule has 3 rings (SSSR count). The normalized spacial score (nSPS) is 16.5. The van der Waals surface area contributed by atoms with E-state index in [4.69, 9.17) is 9.47 Å². The van der Waals surface area contributed by atoms with Crippen LogP contribution < -0.4 is 9.47 Å². The Hall–Kier alpha value is -2.20. The van der Waals surface area contributed by atoms with Gasteiger partial charge in [0.05, 0.1) is 25.6 Å². The van der Waals surface area contributed by atoms with Crippen LogP contribution in [0.15, 0.2) is 35.4 Å². The number of hydrogen-bond donors (Lipinski definition) is 0. The van der Waals surface area contributed by atoms with Gasteiger partial charge in [0.1, 0.15) is 16.4 Å². The lowest BCUT2D eigenvalue weighted by molar-refractivity contribution is 0.0561. The topological polar surface area (TPSA) is 73.7 Å². The number of benzene rings is 1. The molecule has 1 aromatic carbocycles. The number of ether oxygens (including phenoxy) is 2. The first-order valence-corrected chi connectivity index (χ1v) is 10.4. The van der Waals surface area contributed by atoms with Crippen LogP contribution in [0.4, 0.5) is 8.78 Å². The smallest absolute Gasteiger partial charge is 0.333 e. The second-order valence-electron chi connectivity index (χ2n) is 6.67. The SMILES string of the molecule is COc1ccc(OCC2CCN(S(=O)(=O)c3cn(C(F)F)nc3C)CC2)cc1. The molecule has 1 aliphatic rings. The average molecular weight is 415 g/mol. The van der Waals surface area contributed by atoms with Gasteiger partial charge in [-0.05, 0) is 49.9 Å². The minimum atomic E-state index is -3.84. The van der Waals surface area contributed by atoms with Crippen LogP contribution in [0.3, 0.4) is 0 Å². The van der Waals surface area contributed by atoms with Crippen LogP contribution in [0.5, 0.6) is 11.5 Å². The highest BCUT2D eigenvalue weighted by atomic mass is 32.2. The number of hydrogen-bond acceptors (Lipinski definition) is 5. The predicted octanol–water partition coefficient (Wildman–Crippen LogP) is 3.07. The molecule has 1 aliphatic heterocycles. The number of sulfonamides is 1. The number of piperidine rings is 1. The van der Waals surface area contributed by atoms with Gasteiger partial charge in [0.2, 0.25) is 10.0 Å². The predicted molar refractivity (Wildman–Crippen MR) is 98.2 cm³/mol. The van der Waals surface area contributed by atoms with E-state index in [0.717, 1.165) is 17.7 Å². The quantitative estimate of drug-likeness (QED) is 0.695. The van der Waals surface area contributed by atoms with Gasteiger partial charge in [0.25, 0.3) is 0 Å². The lowest BCUT2D eigenvalue weighted by Gasteiger charge is -2.30. The van der Waals surface area contributed by atoms with Crippen LogP contribution in [0.1, 0.15) is 25.1 Å². The van der Waals surface area contributed by atoms with Crippen LogP contribution in [-0.4, -0.2) is 49.3 Å². The number of nitrogens with zero attached hydrogens (tertiary/aromatic N) is 3. The summed E-state index contributed by atoms with van der Waals surface area (Å²) in [6, 6.07) is 7.27. The Morgan fingerprint density at radius 2 is 1.79 bits per heavy atom. The van der Waals surface area contributed by atoms with Crippen molar-refractivity contribution in [3.8, 4) is 11.5 Å².